The Kier molecular flexibility index (Phi) is 13.3. The zero-order valence-electron chi connectivity index (χ0n) is 12.0. The highest BCUT2D eigenvalue weighted by Gasteiger charge is 2.13. The third-order valence-electron chi connectivity index (χ3n) is 3.27. The van der Waals surface area contributed by atoms with Crippen LogP contribution in [0.5, 0.6) is 0 Å². The van der Waals surface area contributed by atoms with E-state index in [9.17, 15) is 4.79 Å². The monoisotopic (exact) mass is 320 g/mol. The van der Waals surface area contributed by atoms with Gasteiger partial charge in [-0.1, -0.05) is 87.1 Å². The van der Waals surface area contributed by atoms with Gasteiger partial charge in [0.15, 0.2) is 0 Å². The van der Waals surface area contributed by atoms with E-state index in [-0.39, 0.29) is 10.8 Å². The molecule has 0 aliphatic carbocycles. The zero-order chi connectivity index (χ0) is 13.6. The Morgan fingerprint density at radius 2 is 1.39 bits per heavy atom. The summed E-state index contributed by atoms with van der Waals surface area (Å²) in [6.07, 6.45) is 14.2. The summed E-state index contributed by atoms with van der Waals surface area (Å²) in [7, 11) is 1.44. The highest BCUT2D eigenvalue weighted by atomic mass is 79.9. The second-order valence-electron chi connectivity index (χ2n) is 4.96. The molecule has 0 aromatic carbocycles. The van der Waals surface area contributed by atoms with Gasteiger partial charge < -0.3 is 4.74 Å². The third-order valence-corrected chi connectivity index (χ3v) is 4.10. The molecule has 0 unspecified atom stereocenters. The van der Waals surface area contributed by atoms with E-state index >= 15 is 0 Å². The van der Waals surface area contributed by atoms with Crippen LogP contribution in [-0.2, 0) is 9.53 Å². The number of alkyl halides is 1. The minimum absolute atomic E-state index is 0.114. The van der Waals surface area contributed by atoms with Gasteiger partial charge in [-0.2, -0.15) is 0 Å². The summed E-state index contributed by atoms with van der Waals surface area (Å²) in [5.41, 5.74) is 0. The van der Waals surface area contributed by atoms with Gasteiger partial charge in [-0.25, -0.2) is 0 Å². The molecule has 3 heteroatoms. The van der Waals surface area contributed by atoms with Gasteiger partial charge in [0.1, 0.15) is 4.83 Å². The first-order chi connectivity index (χ1) is 8.72. The summed E-state index contributed by atoms with van der Waals surface area (Å²) in [4.78, 5) is 11.0. The minimum Gasteiger partial charge on any atom is -0.468 e. The van der Waals surface area contributed by atoms with E-state index in [1.165, 1.54) is 64.9 Å². The Morgan fingerprint density at radius 1 is 0.944 bits per heavy atom. The summed E-state index contributed by atoms with van der Waals surface area (Å²) in [6, 6.07) is 0. The van der Waals surface area contributed by atoms with E-state index in [4.69, 9.17) is 0 Å². The second-order valence-corrected chi connectivity index (χ2v) is 6.07. The molecule has 0 amide bonds. The lowest BCUT2D eigenvalue weighted by atomic mass is 10.1. The number of hydrogen-bond donors (Lipinski definition) is 0. The Balaban J connectivity index is 3.14. The molecule has 18 heavy (non-hydrogen) atoms. The van der Waals surface area contributed by atoms with Crippen LogP contribution in [0.4, 0.5) is 0 Å². The number of carbonyl (C=O) groups excluding carboxylic acids is 1. The summed E-state index contributed by atoms with van der Waals surface area (Å²) >= 11 is 3.35. The van der Waals surface area contributed by atoms with Gasteiger partial charge in [-0.15, -0.1) is 0 Å². The van der Waals surface area contributed by atoms with Crippen molar-refractivity contribution in [3.05, 3.63) is 0 Å². The number of carbonyl (C=O) groups is 1. The molecule has 0 heterocycles. The van der Waals surface area contributed by atoms with Crippen LogP contribution in [0.15, 0.2) is 0 Å². The van der Waals surface area contributed by atoms with Gasteiger partial charge in [0.25, 0.3) is 0 Å². The fourth-order valence-corrected chi connectivity index (χ4v) is 2.57. The lowest BCUT2D eigenvalue weighted by Crippen LogP contribution is -2.15. The molecule has 108 valence electrons. The quantitative estimate of drug-likeness (QED) is 0.279. The minimum atomic E-state index is -0.147. The molecule has 0 N–H and O–H groups in total. The highest BCUT2D eigenvalue weighted by Crippen LogP contribution is 2.15. The average molecular weight is 321 g/mol. The molecular formula is C15H29BrO2. The number of unbranched alkanes of at least 4 members (excludes halogenated alkanes) is 9. The molecule has 1 atom stereocenters. The topological polar surface area (TPSA) is 26.3 Å². The molecule has 2 nitrogen and oxygen atoms in total. The Hall–Kier alpha value is -0.0500. The average Bonchev–Trinajstić information content (AvgIpc) is 2.39. The first-order valence-electron chi connectivity index (χ1n) is 7.44. The molecule has 0 rings (SSSR count). The second kappa shape index (κ2) is 13.4. The van der Waals surface area contributed by atoms with Gasteiger partial charge in [-0.3, -0.25) is 4.79 Å². The Labute approximate surface area is 121 Å². The predicted molar refractivity (Wildman–Crippen MR) is 81.2 cm³/mol. The number of methoxy groups -OCH3 is 1. The number of hydrogen-bond acceptors (Lipinski definition) is 2. The van der Waals surface area contributed by atoms with Crippen molar-refractivity contribution in [3.63, 3.8) is 0 Å². The molecule has 0 radical (unpaired) electrons. The van der Waals surface area contributed by atoms with E-state index in [1.807, 2.05) is 0 Å². The highest BCUT2D eigenvalue weighted by molar-refractivity contribution is 9.10. The molecule has 0 aliphatic heterocycles. The largest absolute Gasteiger partial charge is 0.468 e. The molecule has 0 saturated carbocycles. The van der Waals surface area contributed by atoms with E-state index < -0.39 is 0 Å². The molecule has 0 spiro atoms. The molecule has 0 aromatic heterocycles. The summed E-state index contributed by atoms with van der Waals surface area (Å²) in [5.74, 6) is -0.147. The van der Waals surface area contributed by atoms with Crippen molar-refractivity contribution >= 4 is 21.9 Å². The van der Waals surface area contributed by atoms with Gasteiger partial charge >= 0.3 is 5.97 Å². The van der Waals surface area contributed by atoms with Gasteiger partial charge in [-0.05, 0) is 6.42 Å². The SMILES string of the molecule is CCCCCCCCCCCC[C@@H](Br)C(=O)OC. The number of halogens is 1. The van der Waals surface area contributed by atoms with Crippen LogP contribution in [-0.4, -0.2) is 17.9 Å². The maximum Gasteiger partial charge on any atom is 0.319 e. The van der Waals surface area contributed by atoms with E-state index in [0.29, 0.717) is 0 Å². The van der Waals surface area contributed by atoms with Gasteiger partial charge in [0.05, 0.1) is 7.11 Å². The third kappa shape index (κ3) is 11.1. The van der Waals surface area contributed by atoms with Crippen LogP contribution < -0.4 is 0 Å². The maximum atomic E-state index is 11.1. The molecule has 0 saturated heterocycles. The molecule has 0 aliphatic rings. The summed E-state index contributed by atoms with van der Waals surface area (Å²) in [5, 5.41) is 0. The van der Waals surface area contributed by atoms with Crippen molar-refractivity contribution < 1.29 is 9.53 Å². The van der Waals surface area contributed by atoms with Crippen LogP contribution >= 0.6 is 15.9 Å². The van der Waals surface area contributed by atoms with Crippen LogP contribution in [0.3, 0.4) is 0 Å². The summed E-state index contributed by atoms with van der Waals surface area (Å²) < 4.78 is 4.67. The van der Waals surface area contributed by atoms with E-state index in [1.54, 1.807) is 0 Å². The zero-order valence-corrected chi connectivity index (χ0v) is 13.6. The molecular weight excluding hydrogens is 292 g/mol. The first kappa shape index (κ1) is 17.9. The molecule has 0 fully saturated rings. The van der Waals surface area contributed by atoms with Gasteiger partial charge in [0.2, 0.25) is 0 Å². The van der Waals surface area contributed by atoms with E-state index in [2.05, 4.69) is 27.6 Å². The van der Waals surface area contributed by atoms with Crippen molar-refractivity contribution in [2.24, 2.45) is 0 Å². The van der Waals surface area contributed by atoms with Gasteiger partial charge in [0, 0.05) is 0 Å². The van der Waals surface area contributed by atoms with Crippen LogP contribution in [0.2, 0.25) is 0 Å². The fourth-order valence-electron chi connectivity index (χ4n) is 2.06. The molecule has 0 aromatic rings. The Morgan fingerprint density at radius 3 is 1.83 bits per heavy atom. The van der Waals surface area contributed by atoms with Crippen LogP contribution in [0.1, 0.15) is 77.6 Å². The first-order valence-corrected chi connectivity index (χ1v) is 8.35. The standard InChI is InChI=1S/C15H29BrO2/c1-3-4-5-6-7-8-9-10-11-12-13-14(16)15(17)18-2/h14H,3-13H2,1-2H3/t14-/m1/s1. The van der Waals surface area contributed by atoms with Crippen molar-refractivity contribution in [3.8, 4) is 0 Å². The fraction of sp³-hybridized carbons (Fsp3) is 0.933. The van der Waals surface area contributed by atoms with Crippen LogP contribution in [0.25, 0.3) is 0 Å². The molecule has 0 bridgehead atoms. The van der Waals surface area contributed by atoms with Crippen molar-refractivity contribution in [2.45, 2.75) is 82.4 Å². The Bertz CT molecular complexity index is 195. The smallest absolute Gasteiger partial charge is 0.319 e. The van der Waals surface area contributed by atoms with Crippen molar-refractivity contribution in [1.29, 1.82) is 0 Å². The number of esters is 1. The van der Waals surface area contributed by atoms with Crippen LogP contribution in [0, 0.1) is 0 Å². The predicted octanol–water partition coefficient (Wildman–Crippen LogP) is 5.23. The maximum absolute atomic E-state index is 11.1. The van der Waals surface area contributed by atoms with E-state index in [0.717, 1.165) is 12.8 Å². The van der Waals surface area contributed by atoms with Crippen molar-refractivity contribution in [1.82, 2.24) is 0 Å². The lowest BCUT2D eigenvalue weighted by molar-refractivity contribution is -0.139. The number of rotatable bonds is 12. The summed E-state index contributed by atoms with van der Waals surface area (Å²) in [6.45, 7) is 2.26. The number of ether oxygens (including phenoxy) is 1. The van der Waals surface area contributed by atoms with Crippen molar-refractivity contribution in [2.75, 3.05) is 7.11 Å². The lowest BCUT2D eigenvalue weighted by Gasteiger charge is -2.07. The normalized spacial score (nSPS) is 12.4.